The van der Waals surface area contributed by atoms with Gasteiger partial charge < -0.3 is 9.30 Å². The molecule has 8 heteroatoms. The molecule has 0 aliphatic carbocycles. The van der Waals surface area contributed by atoms with Crippen molar-refractivity contribution in [1.82, 2.24) is 24.3 Å². The molecule has 0 saturated carbocycles. The maximum Gasteiger partial charge on any atom is 0.192 e. The molecule has 0 aliphatic rings. The van der Waals surface area contributed by atoms with Crippen LogP contribution in [0.4, 0.5) is 0 Å². The van der Waals surface area contributed by atoms with Crippen LogP contribution in [-0.4, -0.2) is 49.6 Å². The molecule has 0 bridgehead atoms. The van der Waals surface area contributed by atoms with Crippen molar-refractivity contribution in [3.8, 4) is 11.4 Å². The summed E-state index contributed by atoms with van der Waals surface area (Å²) in [5.74, 6) is 1.11. The first-order valence-electron chi connectivity index (χ1n) is 10.8. The number of aromatic nitrogens is 5. The van der Waals surface area contributed by atoms with Crippen LogP contribution in [0.5, 0.6) is 0 Å². The van der Waals surface area contributed by atoms with Gasteiger partial charge in [-0.05, 0) is 37.6 Å². The van der Waals surface area contributed by atoms with E-state index in [1.54, 1.807) is 19.5 Å². The topological polar surface area (TPSA) is 74.8 Å². The molecule has 3 heterocycles. The van der Waals surface area contributed by atoms with E-state index in [4.69, 9.17) is 4.74 Å². The van der Waals surface area contributed by atoms with Gasteiger partial charge in [-0.1, -0.05) is 42.1 Å². The summed E-state index contributed by atoms with van der Waals surface area (Å²) in [6.07, 6.45) is 3.46. The normalized spacial score (nSPS) is 11.1. The number of benzene rings is 1. The monoisotopic (exact) mass is 461 g/mol. The molecule has 0 radical (unpaired) electrons. The number of Topliss-reactive ketones (excluding diaryl/α,β-unsaturated/α-hetero) is 1. The Hall–Kier alpha value is -3.23. The average molecular weight is 462 g/mol. The lowest BCUT2D eigenvalue weighted by atomic mass is 10.2. The third-order valence-electron chi connectivity index (χ3n) is 5.56. The number of rotatable bonds is 10. The van der Waals surface area contributed by atoms with Gasteiger partial charge in [0.15, 0.2) is 16.8 Å². The largest absolute Gasteiger partial charge is 0.383 e. The van der Waals surface area contributed by atoms with Gasteiger partial charge in [0.05, 0.1) is 18.9 Å². The van der Waals surface area contributed by atoms with Crippen molar-refractivity contribution in [2.75, 3.05) is 19.5 Å². The summed E-state index contributed by atoms with van der Waals surface area (Å²) in [5, 5.41) is 9.42. The Morgan fingerprint density at radius 2 is 1.79 bits per heavy atom. The lowest BCUT2D eigenvalue weighted by molar-refractivity contribution is 0.102. The van der Waals surface area contributed by atoms with Gasteiger partial charge in [0, 0.05) is 48.6 Å². The molecule has 0 atom stereocenters. The predicted octanol–water partition coefficient (Wildman–Crippen LogP) is 4.43. The molecule has 0 aliphatic heterocycles. The minimum atomic E-state index is 0.0826. The van der Waals surface area contributed by atoms with Crippen LogP contribution in [0, 0.1) is 13.8 Å². The Morgan fingerprint density at radius 3 is 2.52 bits per heavy atom. The van der Waals surface area contributed by atoms with Gasteiger partial charge in [0.2, 0.25) is 0 Å². The van der Waals surface area contributed by atoms with Crippen LogP contribution in [0.25, 0.3) is 11.4 Å². The third kappa shape index (κ3) is 5.23. The van der Waals surface area contributed by atoms with Gasteiger partial charge >= 0.3 is 0 Å². The summed E-state index contributed by atoms with van der Waals surface area (Å²) in [7, 11) is 1.66. The number of nitrogens with zero attached hydrogens (tertiary/aromatic N) is 5. The Balaban J connectivity index is 1.51. The van der Waals surface area contributed by atoms with Crippen LogP contribution in [0.15, 0.2) is 66.1 Å². The van der Waals surface area contributed by atoms with E-state index < -0.39 is 0 Å². The molecule has 0 fully saturated rings. The van der Waals surface area contributed by atoms with Gasteiger partial charge in [-0.25, -0.2) is 0 Å². The molecule has 0 amide bonds. The minimum absolute atomic E-state index is 0.0826. The van der Waals surface area contributed by atoms with Crippen molar-refractivity contribution in [1.29, 1.82) is 0 Å². The number of methoxy groups -OCH3 is 1. The van der Waals surface area contributed by atoms with Gasteiger partial charge in [0.25, 0.3) is 0 Å². The summed E-state index contributed by atoms with van der Waals surface area (Å²) in [6.45, 7) is 5.93. The van der Waals surface area contributed by atoms with Crippen molar-refractivity contribution < 1.29 is 9.53 Å². The van der Waals surface area contributed by atoms with Crippen LogP contribution in [0.2, 0.25) is 0 Å². The zero-order valence-corrected chi connectivity index (χ0v) is 19.9. The van der Waals surface area contributed by atoms with E-state index in [1.165, 1.54) is 17.3 Å². The molecule has 0 N–H and O–H groups in total. The molecule has 33 heavy (non-hydrogen) atoms. The lowest BCUT2D eigenvalue weighted by Gasteiger charge is -2.10. The van der Waals surface area contributed by atoms with Crippen LogP contribution in [0.1, 0.15) is 27.3 Å². The first-order chi connectivity index (χ1) is 16.1. The van der Waals surface area contributed by atoms with Crippen molar-refractivity contribution >= 4 is 17.5 Å². The van der Waals surface area contributed by atoms with Gasteiger partial charge in [-0.15, -0.1) is 10.2 Å². The number of thioether (sulfide) groups is 1. The summed E-state index contributed by atoms with van der Waals surface area (Å²) in [5.41, 5.74) is 4.96. The first-order valence-corrected chi connectivity index (χ1v) is 11.8. The Bertz CT molecular complexity index is 1220. The van der Waals surface area contributed by atoms with Crippen LogP contribution >= 0.6 is 11.8 Å². The van der Waals surface area contributed by atoms with Crippen LogP contribution in [0.3, 0.4) is 0 Å². The first kappa shape index (κ1) is 22.9. The quantitative estimate of drug-likeness (QED) is 0.257. The average Bonchev–Trinajstić information content (AvgIpc) is 3.38. The molecule has 0 saturated heterocycles. The summed E-state index contributed by atoms with van der Waals surface area (Å²) in [6, 6.07) is 16.1. The number of hydrogen-bond donors (Lipinski definition) is 0. The molecule has 7 nitrogen and oxygen atoms in total. The predicted molar refractivity (Wildman–Crippen MR) is 130 cm³/mol. The summed E-state index contributed by atoms with van der Waals surface area (Å²) in [4.78, 5) is 17.2. The van der Waals surface area contributed by atoms with E-state index in [0.717, 1.165) is 34.9 Å². The van der Waals surface area contributed by atoms with Gasteiger partial charge in [0.1, 0.15) is 0 Å². The molecule has 4 aromatic rings. The van der Waals surface area contributed by atoms with Crippen molar-refractivity contribution in [3.05, 3.63) is 83.4 Å². The molecule has 3 aromatic heterocycles. The summed E-state index contributed by atoms with van der Waals surface area (Å²) >= 11 is 1.40. The van der Waals surface area contributed by atoms with Crippen molar-refractivity contribution in [3.63, 3.8) is 0 Å². The number of ether oxygens (including phenoxy) is 1. The minimum Gasteiger partial charge on any atom is -0.383 e. The van der Waals surface area contributed by atoms with Crippen LogP contribution < -0.4 is 0 Å². The second-order valence-electron chi connectivity index (χ2n) is 7.75. The Morgan fingerprint density at radius 1 is 1.03 bits per heavy atom. The number of carbonyl (C=O) groups excluding carboxylic acids is 1. The molecule has 170 valence electrons. The van der Waals surface area contributed by atoms with Gasteiger partial charge in [-0.3, -0.25) is 14.3 Å². The molecule has 4 rings (SSSR count). The fourth-order valence-electron chi connectivity index (χ4n) is 3.79. The SMILES string of the molecule is COCCn1c(SCC(=O)c2cc(C)n(Cc3ccccc3)c2C)nnc1-c1ccncc1. The second kappa shape index (κ2) is 10.6. The fraction of sp³-hybridized carbons (Fsp3) is 0.280. The highest BCUT2D eigenvalue weighted by atomic mass is 32.2. The maximum absolute atomic E-state index is 13.1. The Kier molecular flexibility index (Phi) is 7.36. The van der Waals surface area contributed by atoms with E-state index >= 15 is 0 Å². The van der Waals surface area contributed by atoms with E-state index in [9.17, 15) is 4.79 Å². The number of ketones is 1. The van der Waals surface area contributed by atoms with Crippen molar-refractivity contribution in [2.24, 2.45) is 0 Å². The van der Waals surface area contributed by atoms with Crippen LogP contribution in [-0.2, 0) is 17.8 Å². The molecule has 1 aromatic carbocycles. The Labute approximate surface area is 197 Å². The molecule has 0 unspecified atom stereocenters. The fourth-order valence-corrected chi connectivity index (χ4v) is 4.64. The van der Waals surface area contributed by atoms with E-state index in [-0.39, 0.29) is 11.5 Å². The van der Waals surface area contributed by atoms with E-state index in [2.05, 4.69) is 31.9 Å². The highest BCUT2D eigenvalue weighted by molar-refractivity contribution is 7.99. The van der Waals surface area contributed by atoms with Gasteiger partial charge in [-0.2, -0.15) is 0 Å². The standard InChI is InChI=1S/C25H27N5O2S/c1-18-15-22(19(2)30(18)16-20-7-5-4-6-8-20)23(31)17-33-25-28-27-24(29(25)13-14-32-3)21-9-11-26-12-10-21/h4-12,15H,13-14,16-17H2,1-3H3. The third-order valence-corrected chi connectivity index (χ3v) is 6.53. The molecular formula is C25H27N5O2S. The smallest absolute Gasteiger partial charge is 0.192 e. The number of carbonyl (C=O) groups is 1. The number of aryl methyl sites for hydroxylation is 1. The summed E-state index contributed by atoms with van der Waals surface area (Å²) < 4.78 is 9.45. The molecule has 0 spiro atoms. The number of pyridine rings is 1. The van der Waals surface area contributed by atoms with E-state index in [1.807, 2.05) is 54.8 Å². The highest BCUT2D eigenvalue weighted by Crippen LogP contribution is 2.25. The van der Waals surface area contributed by atoms with Crippen molar-refractivity contribution in [2.45, 2.75) is 32.1 Å². The zero-order valence-electron chi connectivity index (χ0n) is 19.1. The molecular weight excluding hydrogens is 434 g/mol. The zero-order chi connectivity index (χ0) is 23.2. The lowest BCUT2D eigenvalue weighted by Crippen LogP contribution is -2.10. The number of hydrogen-bond acceptors (Lipinski definition) is 6. The maximum atomic E-state index is 13.1. The highest BCUT2D eigenvalue weighted by Gasteiger charge is 2.19. The van der Waals surface area contributed by atoms with E-state index in [0.29, 0.717) is 18.3 Å². The second-order valence-corrected chi connectivity index (χ2v) is 8.70.